The smallest absolute Gasteiger partial charge is 0.166 e. The van der Waals surface area contributed by atoms with Gasteiger partial charge in [-0.1, -0.05) is 24.3 Å². The molecule has 5 heteroatoms. The molecule has 126 valence electrons. The van der Waals surface area contributed by atoms with Crippen molar-refractivity contribution in [1.29, 1.82) is 0 Å². The van der Waals surface area contributed by atoms with E-state index in [1.54, 1.807) is 4.90 Å². The van der Waals surface area contributed by atoms with Gasteiger partial charge in [0.1, 0.15) is 6.54 Å². The molecule has 23 heavy (non-hydrogen) atoms. The summed E-state index contributed by atoms with van der Waals surface area (Å²) in [6.45, 7) is 6.28. The van der Waals surface area contributed by atoms with E-state index in [9.17, 15) is 0 Å². The SMILES string of the molecule is S=C(NCc1ccc(C[NH+]2CCCC2)cc1)NC[C@@H]1CCCO1. The number of hydrogen-bond acceptors (Lipinski definition) is 2. The lowest BCUT2D eigenvalue weighted by Gasteiger charge is -2.14. The number of benzene rings is 1. The highest BCUT2D eigenvalue weighted by Crippen LogP contribution is 2.10. The van der Waals surface area contributed by atoms with Gasteiger partial charge >= 0.3 is 0 Å². The monoisotopic (exact) mass is 334 g/mol. The average molecular weight is 335 g/mol. The first-order chi connectivity index (χ1) is 11.3. The van der Waals surface area contributed by atoms with E-state index < -0.39 is 0 Å². The van der Waals surface area contributed by atoms with E-state index in [0.29, 0.717) is 11.2 Å². The van der Waals surface area contributed by atoms with Gasteiger partial charge in [0.25, 0.3) is 0 Å². The largest absolute Gasteiger partial charge is 0.376 e. The molecule has 3 N–H and O–H groups in total. The van der Waals surface area contributed by atoms with Crippen LogP contribution in [0.25, 0.3) is 0 Å². The zero-order valence-electron chi connectivity index (χ0n) is 13.8. The van der Waals surface area contributed by atoms with E-state index >= 15 is 0 Å². The molecule has 2 fully saturated rings. The molecule has 1 aromatic carbocycles. The third-order valence-corrected chi connectivity index (χ3v) is 5.04. The molecule has 0 aromatic heterocycles. The fraction of sp³-hybridized carbons (Fsp3) is 0.611. The van der Waals surface area contributed by atoms with Crippen molar-refractivity contribution in [2.45, 2.75) is 44.9 Å². The summed E-state index contributed by atoms with van der Waals surface area (Å²) >= 11 is 5.33. The number of quaternary nitrogens is 1. The third kappa shape index (κ3) is 5.44. The Labute approximate surface area is 144 Å². The van der Waals surface area contributed by atoms with Gasteiger partial charge in [-0.15, -0.1) is 0 Å². The maximum absolute atomic E-state index is 5.58. The van der Waals surface area contributed by atoms with Crippen molar-refractivity contribution < 1.29 is 9.64 Å². The molecular formula is C18H28N3OS+. The first-order valence-electron chi connectivity index (χ1n) is 8.84. The van der Waals surface area contributed by atoms with Gasteiger partial charge in [0.2, 0.25) is 0 Å². The molecule has 0 amide bonds. The Morgan fingerprint density at radius 2 is 1.83 bits per heavy atom. The minimum atomic E-state index is 0.321. The highest BCUT2D eigenvalue weighted by Gasteiger charge is 2.16. The number of thiocarbonyl (C=S) groups is 1. The average Bonchev–Trinajstić information content (AvgIpc) is 3.26. The molecule has 0 aliphatic carbocycles. The molecule has 1 atom stereocenters. The molecule has 0 unspecified atom stereocenters. The molecule has 2 saturated heterocycles. The maximum atomic E-state index is 5.58. The number of hydrogen-bond donors (Lipinski definition) is 3. The van der Waals surface area contributed by atoms with Crippen LogP contribution in [0.15, 0.2) is 24.3 Å². The third-order valence-electron chi connectivity index (χ3n) is 4.76. The Morgan fingerprint density at radius 3 is 2.52 bits per heavy atom. The summed E-state index contributed by atoms with van der Waals surface area (Å²) in [5, 5.41) is 7.24. The Kier molecular flexibility index (Phi) is 6.25. The van der Waals surface area contributed by atoms with Crippen LogP contribution in [-0.4, -0.2) is 37.5 Å². The van der Waals surface area contributed by atoms with Crippen LogP contribution in [0.5, 0.6) is 0 Å². The molecule has 3 rings (SSSR count). The van der Waals surface area contributed by atoms with Gasteiger partial charge in [-0.25, -0.2) is 0 Å². The van der Waals surface area contributed by atoms with Crippen LogP contribution in [0.2, 0.25) is 0 Å². The fourth-order valence-electron chi connectivity index (χ4n) is 3.37. The van der Waals surface area contributed by atoms with Gasteiger partial charge in [0.05, 0.1) is 19.2 Å². The Balaban J connectivity index is 1.36. The highest BCUT2D eigenvalue weighted by atomic mass is 32.1. The van der Waals surface area contributed by atoms with E-state index in [1.807, 2.05) is 0 Å². The maximum Gasteiger partial charge on any atom is 0.166 e. The van der Waals surface area contributed by atoms with Crippen LogP contribution in [0.3, 0.4) is 0 Å². The van der Waals surface area contributed by atoms with Crippen LogP contribution >= 0.6 is 12.2 Å². The Morgan fingerprint density at radius 1 is 1.09 bits per heavy atom. The predicted molar refractivity (Wildman–Crippen MR) is 96.5 cm³/mol. The lowest BCUT2D eigenvalue weighted by Crippen LogP contribution is -3.08. The van der Waals surface area contributed by atoms with Crippen molar-refractivity contribution in [3.8, 4) is 0 Å². The van der Waals surface area contributed by atoms with E-state index in [0.717, 1.165) is 39.1 Å². The molecule has 0 spiro atoms. The Hall–Kier alpha value is -1.17. The molecular weight excluding hydrogens is 306 g/mol. The first kappa shape index (κ1) is 16.7. The number of likely N-dealkylation sites (tertiary alicyclic amines) is 1. The summed E-state index contributed by atoms with van der Waals surface area (Å²) in [7, 11) is 0. The number of nitrogens with one attached hydrogen (secondary N) is 3. The van der Waals surface area contributed by atoms with Crippen LogP contribution in [0, 0.1) is 0 Å². The van der Waals surface area contributed by atoms with Gasteiger partial charge in [0, 0.05) is 38.1 Å². The molecule has 0 bridgehead atoms. The second-order valence-electron chi connectivity index (χ2n) is 6.65. The topological polar surface area (TPSA) is 37.7 Å². The van der Waals surface area contributed by atoms with Gasteiger partial charge in [-0.05, 0) is 30.6 Å². The molecule has 0 saturated carbocycles. The summed E-state index contributed by atoms with van der Waals surface area (Å²) in [6, 6.07) is 8.93. The minimum Gasteiger partial charge on any atom is -0.376 e. The molecule has 0 radical (unpaired) electrons. The van der Waals surface area contributed by atoms with Gasteiger partial charge in [-0.2, -0.15) is 0 Å². The molecule has 4 nitrogen and oxygen atoms in total. The summed E-state index contributed by atoms with van der Waals surface area (Å²) in [5.74, 6) is 0. The normalized spacial score (nSPS) is 21.5. The summed E-state index contributed by atoms with van der Waals surface area (Å²) in [6.07, 6.45) is 5.39. The quantitative estimate of drug-likeness (QED) is 0.679. The highest BCUT2D eigenvalue weighted by molar-refractivity contribution is 7.80. The summed E-state index contributed by atoms with van der Waals surface area (Å²) in [5.41, 5.74) is 2.70. The van der Waals surface area contributed by atoms with Crippen LogP contribution in [0.1, 0.15) is 36.8 Å². The summed E-state index contributed by atoms with van der Waals surface area (Å²) < 4.78 is 5.58. The lowest BCUT2D eigenvalue weighted by molar-refractivity contribution is -0.901. The van der Waals surface area contributed by atoms with E-state index in [2.05, 4.69) is 34.9 Å². The van der Waals surface area contributed by atoms with E-state index in [1.165, 1.54) is 37.1 Å². The zero-order valence-corrected chi connectivity index (χ0v) is 14.6. The second-order valence-corrected chi connectivity index (χ2v) is 7.06. The number of rotatable bonds is 6. The van der Waals surface area contributed by atoms with E-state index in [-0.39, 0.29) is 0 Å². The van der Waals surface area contributed by atoms with Gasteiger partial charge in [0.15, 0.2) is 5.11 Å². The number of ether oxygens (including phenoxy) is 1. The lowest BCUT2D eigenvalue weighted by atomic mass is 10.1. The predicted octanol–water partition coefficient (Wildman–Crippen LogP) is 1.01. The fourth-order valence-corrected chi connectivity index (χ4v) is 3.53. The zero-order chi connectivity index (χ0) is 15.9. The Bertz CT molecular complexity index is 493. The minimum absolute atomic E-state index is 0.321. The van der Waals surface area contributed by atoms with Crippen molar-refractivity contribution in [2.24, 2.45) is 0 Å². The second kappa shape index (κ2) is 8.62. The van der Waals surface area contributed by atoms with Crippen LogP contribution in [-0.2, 0) is 17.8 Å². The van der Waals surface area contributed by atoms with Crippen molar-refractivity contribution in [2.75, 3.05) is 26.2 Å². The molecule has 1 aromatic rings. The molecule has 2 aliphatic rings. The summed E-state index contributed by atoms with van der Waals surface area (Å²) in [4.78, 5) is 1.72. The van der Waals surface area contributed by atoms with Crippen LogP contribution < -0.4 is 15.5 Å². The standard InChI is InChI=1S/C18H27N3OS/c23-18(20-13-17-4-3-11-22-17)19-12-15-5-7-16(8-6-15)14-21-9-1-2-10-21/h5-8,17H,1-4,9-14H2,(H2,19,20,23)/p+1/t17-/m0/s1. The van der Waals surface area contributed by atoms with Crippen molar-refractivity contribution in [3.63, 3.8) is 0 Å². The molecule has 2 aliphatic heterocycles. The first-order valence-corrected chi connectivity index (χ1v) is 9.25. The molecule has 2 heterocycles. The van der Waals surface area contributed by atoms with Gasteiger partial charge in [-0.3, -0.25) is 0 Å². The van der Waals surface area contributed by atoms with E-state index in [4.69, 9.17) is 17.0 Å². The van der Waals surface area contributed by atoms with Crippen LogP contribution in [0.4, 0.5) is 0 Å². The van der Waals surface area contributed by atoms with Crippen molar-refractivity contribution in [3.05, 3.63) is 35.4 Å². The van der Waals surface area contributed by atoms with Crippen molar-refractivity contribution >= 4 is 17.3 Å². The van der Waals surface area contributed by atoms with Gasteiger partial charge < -0.3 is 20.3 Å². The van der Waals surface area contributed by atoms with Crippen molar-refractivity contribution in [1.82, 2.24) is 10.6 Å².